The van der Waals surface area contributed by atoms with E-state index in [0.29, 0.717) is 0 Å². The number of hydrogen-bond acceptors (Lipinski definition) is 1. The van der Waals surface area contributed by atoms with E-state index in [-0.39, 0.29) is 5.56 Å². The third kappa shape index (κ3) is 1.20. The lowest BCUT2D eigenvalue weighted by Gasteiger charge is -2.03. The molecule has 1 heterocycles. The van der Waals surface area contributed by atoms with Crippen molar-refractivity contribution in [1.82, 2.24) is 4.98 Å². The Morgan fingerprint density at radius 2 is 2.21 bits per heavy atom. The summed E-state index contributed by atoms with van der Waals surface area (Å²) in [5.74, 6) is 2.61. The number of rotatable bonds is 0. The lowest BCUT2D eigenvalue weighted by atomic mass is 10.0. The number of aromatic amines is 1. The molecule has 0 aliphatic heterocycles. The molecule has 2 heteroatoms. The molecule has 0 saturated carbocycles. The van der Waals surface area contributed by atoms with Crippen molar-refractivity contribution >= 4 is 10.9 Å². The van der Waals surface area contributed by atoms with Gasteiger partial charge in [-0.2, -0.15) is 0 Å². The summed E-state index contributed by atoms with van der Waals surface area (Å²) < 4.78 is 0. The Kier molecular flexibility index (Phi) is 1.86. The van der Waals surface area contributed by atoms with Gasteiger partial charge in [0.15, 0.2) is 0 Å². The zero-order valence-corrected chi connectivity index (χ0v) is 7.79. The molecule has 0 aliphatic rings. The fraction of sp³-hybridized carbons (Fsp3) is 0.0833. The van der Waals surface area contributed by atoms with Crippen LogP contribution < -0.4 is 5.56 Å². The number of aryl methyl sites for hydroxylation is 1. The minimum absolute atomic E-state index is 0.0934. The van der Waals surface area contributed by atoms with Crippen molar-refractivity contribution in [3.8, 4) is 12.3 Å². The van der Waals surface area contributed by atoms with Crippen LogP contribution in [0.4, 0.5) is 0 Å². The third-order valence-corrected chi connectivity index (χ3v) is 2.22. The highest BCUT2D eigenvalue weighted by Crippen LogP contribution is 2.18. The minimum atomic E-state index is -0.0934. The smallest absolute Gasteiger partial charge is 0.248 e. The van der Waals surface area contributed by atoms with Crippen LogP contribution in [0.1, 0.15) is 11.1 Å². The highest BCUT2D eigenvalue weighted by Gasteiger charge is 2.02. The summed E-state index contributed by atoms with van der Waals surface area (Å²) >= 11 is 0. The van der Waals surface area contributed by atoms with E-state index < -0.39 is 0 Å². The Morgan fingerprint density at radius 1 is 1.43 bits per heavy atom. The number of pyridine rings is 1. The largest absolute Gasteiger partial charge is 0.322 e. The molecule has 1 aromatic heterocycles. The Labute approximate surface area is 81.6 Å². The Balaban J connectivity index is 3.03. The zero-order valence-electron chi connectivity index (χ0n) is 7.79. The SMILES string of the molecule is C#Cc1cccc2[nH]c(=O)cc(C)c12. The summed E-state index contributed by atoms with van der Waals surface area (Å²) in [7, 11) is 0. The summed E-state index contributed by atoms with van der Waals surface area (Å²) in [6.45, 7) is 1.89. The predicted molar refractivity (Wildman–Crippen MR) is 57.2 cm³/mol. The summed E-state index contributed by atoms with van der Waals surface area (Å²) in [4.78, 5) is 14.0. The number of fused-ring (bicyclic) bond motifs is 1. The van der Waals surface area contributed by atoms with Gasteiger partial charge in [-0.15, -0.1) is 6.42 Å². The molecule has 1 N–H and O–H groups in total. The topological polar surface area (TPSA) is 32.9 Å². The maximum Gasteiger partial charge on any atom is 0.248 e. The maximum absolute atomic E-state index is 11.2. The van der Waals surface area contributed by atoms with Crippen LogP contribution in [-0.4, -0.2) is 4.98 Å². The molecule has 0 spiro atoms. The van der Waals surface area contributed by atoms with Crippen LogP contribution >= 0.6 is 0 Å². The molecular weight excluding hydrogens is 174 g/mol. The van der Waals surface area contributed by atoms with Crippen LogP contribution in [0.2, 0.25) is 0 Å². The van der Waals surface area contributed by atoms with E-state index in [1.54, 1.807) is 6.07 Å². The molecule has 68 valence electrons. The number of benzene rings is 1. The van der Waals surface area contributed by atoms with Crippen molar-refractivity contribution < 1.29 is 0 Å². The monoisotopic (exact) mass is 183 g/mol. The molecule has 2 nitrogen and oxygen atoms in total. The van der Waals surface area contributed by atoms with Crippen molar-refractivity contribution in [2.75, 3.05) is 0 Å². The first-order valence-electron chi connectivity index (χ1n) is 4.31. The zero-order chi connectivity index (χ0) is 10.1. The molecule has 0 bridgehead atoms. The number of terminal acetylenes is 1. The van der Waals surface area contributed by atoms with Gasteiger partial charge in [0.05, 0.1) is 0 Å². The van der Waals surface area contributed by atoms with Crippen molar-refractivity contribution in [2.45, 2.75) is 6.92 Å². The second-order valence-electron chi connectivity index (χ2n) is 3.19. The Bertz CT molecular complexity index is 587. The van der Waals surface area contributed by atoms with Crippen LogP contribution in [0.5, 0.6) is 0 Å². The van der Waals surface area contributed by atoms with Gasteiger partial charge >= 0.3 is 0 Å². The fourth-order valence-electron chi connectivity index (χ4n) is 1.64. The minimum Gasteiger partial charge on any atom is -0.322 e. The number of aromatic nitrogens is 1. The molecule has 0 atom stereocenters. The van der Waals surface area contributed by atoms with Crippen molar-refractivity contribution in [3.05, 3.63) is 45.7 Å². The van der Waals surface area contributed by atoms with Crippen LogP contribution in [0, 0.1) is 19.3 Å². The van der Waals surface area contributed by atoms with E-state index in [1.807, 2.05) is 25.1 Å². The first kappa shape index (κ1) is 8.58. The van der Waals surface area contributed by atoms with Gasteiger partial charge in [-0.1, -0.05) is 12.0 Å². The molecule has 0 unspecified atom stereocenters. The summed E-state index contributed by atoms with van der Waals surface area (Å²) in [5.41, 5.74) is 2.43. The molecule has 1 aromatic carbocycles. The van der Waals surface area contributed by atoms with Gasteiger partial charge in [0.25, 0.3) is 0 Å². The highest BCUT2D eigenvalue weighted by atomic mass is 16.1. The first-order chi connectivity index (χ1) is 6.72. The standard InChI is InChI=1S/C12H9NO/c1-3-9-5-4-6-10-12(9)8(2)7-11(14)13-10/h1,4-7H,2H3,(H,13,14). The summed E-state index contributed by atoms with van der Waals surface area (Å²) in [6, 6.07) is 7.12. The second kappa shape index (κ2) is 3.04. The van der Waals surface area contributed by atoms with Gasteiger partial charge < -0.3 is 4.98 Å². The first-order valence-corrected chi connectivity index (χ1v) is 4.31. The van der Waals surface area contributed by atoms with Gasteiger partial charge in [0.2, 0.25) is 5.56 Å². The Morgan fingerprint density at radius 3 is 2.93 bits per heavy atom. The van der Waals surface area contributed by atoms with Crippen LogP contribution in [0.3, 0.4) is 0 Å². The summed E-state index contributed by atoms with van der Waals surface area (Å²) in [5, 5.41) is 0.953. The van der Waals surface area contributed by atoms with Crippen molar-refractivity contribution in [3.63, 3.8) is 0 Å². The third-order valence-electron chi connectivity index (χ3n) is 2.22. The lowest BCUT2D eigenvalue weighted by molar-refractivity contribution is 1.28. The van der Waals surface area contributed by atoms with E-state index >= 15 is 0 Å². The molecular formula is C12H9NO. The quantitative estimate of drug-likeness (QED) is 0.621. The fourth-order valence-corrected chi connectivity index (χ4v) is 1.64. The normalized spacial score (nSPS) is 10.0. The van der Waals surface area contributed by atoms with E-state index in [2.05, 4.69) is 10.9 Å². The van der Waals surface area contributed by atoms with E-state index in [0.717, 1.165) is 22.0 Å². The molecule has 0 fully saturated rings. The van der Waals surface area contributed by atoms with Gasteiger partial charge in [0.1, 0.15) is 0 Å². The van der Waals surface area contributed by atoms with Crippen molar-refractivity contribution in [1.29, 1.82) is 0 Å². The number of hydrogen-bond donors (Lipinski definition) is 1. The molecule has 0 amide bonds. The second-order valence-corrected chi connectivity index (χ2v) is 3.19. The summed E-state index contributed by atoms with van der Waals surface area (Å²) in [6.07, 6.45) is 5.38. The van der Waals surface area contributed by atoms with Gasteiger partial charge in [-0.3, -0.25) is 4.79 Å². The molecule has 2 rings (SSSR count). The predicted octanol–water partition coefficient (Wildman–Crippen LogP) is 1.82. The highest BCUT2D eigenvalue weighted by molar-refractivity contribution is 5.87. The molecule has 0 radical (unpaired) electrons. The number of H-pyrrole nitrogens is 1. The van der Waals surface area contributed by atoms with E-state index in [4.69, 9.17) is 6.42 Å². The maximum atomic E-state index is 11.2. The van der Waals surface area contributed by atoms with Crippen LogP contribution in [-0.2, 0) is 0 Å². The molecule has 14 heavy (non-hydrogen) atoms. The Hall–Kier alpha value is -2.01. The van der Waals surface area contributed by atoms with Crippen LogP contribution in [0.25, 0.3) is 10.9 Å². The van der Waals surface area contributed by atoms with Gasteiger partial charge in [-0.05, 0) is 24.6 Å². The number of nitrogens with one attached hydrogen (secondary N) is 1. The van der Waals surface area contributed by atoms with E-state index in [9.17, 15) is 4.79 Å². The average molecular weight is 183 g/mol. The lowest BCUT2D eigenvalue weighted by Crippen LogP contribution is -2.05. The molecule has 0 saturated heterocycles. The van der Waals surface area contributed by atoms with Crippen LogP contribution in [0.15, 0.2) is 29.1 Å². The van der Waals surface area contributed by atoms with Gasteiger partial charge in [0, 0.05) is 22.5 Å². The van der Waals surface area contributed by atoms with E-state index in [1.165, 1.54) is 0 Å². The average Bonchev–Trinajstić information content (AvgIpc) is 2.16. The molecule has 0 aliphatic carbocycles. The van der Waals surface area contributed by atoms with Gasteiger partial charge in [-0.25, -0.2) is 0 Å². The molecule has 2 aromatic rings. The van der Waals surface area contributed by atoms with Crippen molar-refractivity contribution in [2.24, 2.45) is 0 Å².